The molecule has 0 amide bonds. The number of phenols is 2. The zero-order valence-corrected chi connectivity index (χ0v) is 26.8. The number of phenolic OH excluding ortho intramolecular Hbond substituents is 1. The normalized spacial score (nSPS) is 32.1. The number of aromatic hydroxyl groups is 2. The van der Waals surface area contributed by atoms with Crippen LogP contribution in [0.4, 0.5) is 0 Å². The molecule has 0 radical (unpaired) electrons. The molecule has 16 heteroatoms. The van der Waals surface area contributed by atoms with Crippen LogP contribution in [0, 0.1) is 6.92 Å². The predicted octanol–water partition coefficient (Wildman–Crippen LogP) is -0.338. The Morgan fingerprint density at radius 3 is 2.20 bits per heavy atom. The molecule has 260 valence electrons. The van der Waals surface area contributed by atoms with Crippen molar-refractivity contribution in [2.24, 2.45) is 0 Å². The monoisotopic (exact) mass is 683 g/mol. The van der Waals surface area contributed by atoms with Crippen LogP contribution in [0.3, 0.4) is 0 Å². The number of allylic oxidation sites excluding steroid dienone is 2. The minimum Gasteiger partial charge on any atom is -0.507 e. The number of aliphatic hydroxyl groups is 3. The van der Waals surface area contributed by atoms with Gasteiger partial charge in [0, 0.05) is 50.5 Å². The van der Waals surface area contributed by atoms with Crippen molar-refractivity contribution in [3.05, 3.63) is 68.4 Å². The van der Waals surface area contributed by atoms with Crippen molar-refractivity contribution in [1.29, 1.82) is 0 Å². The lowest BCUT2D eigenvalue weighted by molar-refractivity contribution is -0.236. The van der Waals surface area contributed by atoms with E-state index < -0.39 is 134 Å². The fourth-order valence-electron chi connectivity index (χ4n) is 7.76. The van der Waals surface area contributed by atoms with E-state index in [2.05, 4.69) is 5.32 Å². The Morgan fingerprint density at radius 1 is 0.959 bits per heavy atom. The molecule has 3 aliphatic carbocycles. The summed E-state index contributed by atoms with van der Waals surface area (Å²) in [4.78, 5) is 68.2. The van der Waals surface area contributed by atoms with Gasteiger partial charge in [-0.2, -0.15) is 0 Å². The van der Waals surface area contributed by atoms with Gasteiger partial charge in [0.1, 0.15) is 35.4 Å². The molecule has 16 nitrogen and oxygen atoms in total. The molecule has 0 spiro atoms. The number of fused-ring (bicyclic) bond motifs is 5. The number of aliphatic hydroxyl groups excluding tert-OH is 2. The molecule has 2 aromatic carbocycles. The van der Waals surface area contributed by atoms with E-state index in [1.54, 1.807) is 6.92 Å². The Kier molecular flexibility index (Phi) is 8.07. The Morgan fingerprint density at radius 2 is 1.61 bits per heavy atom. The van der Waals surface area contributed by atoms with Crippen molar-refractivity contribution in [2.45, 2.75) is 68.2 Å². The van der Waals surface area contributed by atoms with Crippen LogP contribution in [0.15, 0.2) is 23.9 Å². The van der Waals surface area contributed by atoms with Crippen LogP contribution in [0.5, 0.6) is 11.5 Å². The number of aromatic carboxylic acids is 1. The van der Waals surface area contributed by atoms with E-state index in [4.69, 9.17) is 18.9 Å². The molecule has 1 saturated heterocycles. The van der Waals surface area contributed by atoms with Gasteiger partial charge >= 0.3 is 5.97 Å². The fourth-order valence-corrected chi connectivity index (χ4v) is 7.76. The van der Waals surface area contributed by atoms with E-state index in [-0.39, 0.29) is 11.1 Å². The lowest BCUT2D eigenvalue weighted by atomic mass is 9.56. The molecule has 7 N–H and O–H groups in total. The van der Waals surface area contributed by atoms with Crippen LogP contribution in [0.25, 0.3) is 0 Å². The molecule has 8 atom stereocenters. The van der Waals surface area contributed by atoms with Gasteiger partial charge in [0.05, 0.1) is 29.0 Å². The summed E-state index contributed by atoms with van der Waals surface area (Å²) in [6.45, 7) is 2.95. The van der Waals surface area contributed by atoms with Crippen LogP contribution < -0.4 is 5.32 Å². The first-order valence-electron chi connectivity index (χ1n) is 15.0. The summed E-state index contributed by atoms with van der Waals surface area (Å²) in [5.41, 5.74) is -10.9. The molecular formula is C33H33NO15. The smallest absolute Gasteiger partial charge is 0.339 e. The molecule has 49 heavy (non-hydrogen) atoms. The van der Waals surface area contributed by atoms with Gasteiger partial charge in [-0.3, -0.25) is 19.2 Å². The summed E-state index contributed by atoms with van der Waals surface area (Å²) in [5, 5.41) is 69.6. The fraction of sp³-hybridized carbons (Fsp3) is 0.424. The number of rotatable bonds is 6. The predicted molar refractivity (Wildman–Crippen MR) is 162 cm³/mol. The maximum atomic E-state index is 14.5. The zero-order valence-electron chi connectivity index (χ0n) is 26.8. The highest BCUT2D eigenvalue weighted by molar-refractivity contribution is 6.30. The van der Waals surface area contributed by atoms with Gasteiger partial charge in [0.25, 0.3) is 0 Å². The van der Waals surface area contributed by atoms with Crippen LogP contribution in [0.1, 0.15) is 75.4 Å². The molecule has 0 bridgehead atoms. The third-order valence-electron chi connectivity index (χ3n) is 9.98. The van der Waals surface area contributed by atoms with Gasteiger partial charge in [0.15, 0.2) is 23.2 Å². The highest BCUT2D eigenvalue weighted by Gasteiger charge is 2.72. The van der Waals surface area contributed by atoms with Crippen molar-refractivity contribution < 1.29 is 73.6 Å². The van der Waals surface area contributed by atoms with Crippen LogP contribution in [-0.2, 0) is 31.0 Å². The second kappa shape index (κ2) is 11.5. The number of carboxylic acids is 1. The summed E-state index contributed by atoms with van der Waals surface area (Å²) in [6, 6.07) is 2.05. The molecule has 1 aliphatic heterocycles. The molecule has 4 aliphatic rings. The number of carbonyl (C=O) groups excluding carboxylic acids is 4. The Labute approximate surface area is 277 Å². The number of methoxy groups -OCH3 is 3. The van der Waals surface area contributed by atoms with Crippen LogP contribution in [-0.4, -0.2) is 123 Å². The van der Waals surface area contributed by atoms with E-state index in [9.17, 15) is 54.6 Å². The average Bonchev–Trinajstić information content (AvgIpc) is 3.02. The number of hydrogen-bond acceptors (Lipinski definition) is 15. The number of Topliss-reactive ketones (excluding diaryl/α,β-unsaturated/α-hetero) is 3. The van der Waals surface area contributed by atoms with Crippen molar-refractivity contribution in [3.8, 4) is 11.5 Å². The van der Waals surface area contributed by atoms with Crippen LogP contribution >= 0.6 is 0 Å². The largest absolute Gasteiger partial charge is 0.507 e. The third kappa shape index (κ3) is 4.32. The van der Waals surface area contributed by atoms with Gasteiger partial charge < -0.3 is 54.9 Å². The Bertz CT molecular complexity index is 1900. The molecule has 6 rings (SSSR count). The van der Waals surface area contributed by atoms with Gasteiger partial charge in [-0.15, -0.1) is 0 Å². The Balaban J connectivity index is 1.51. The molecule has 0 saturated carbocycles. The summed E-state index contributed by atoms with van der Waals surface area (Å²) in [6.07, 6.45) is -6.68. The SMILES string of the molecule is CO[C@@H]1[C@@H](O)[C@@H](OC)[C@@H](NC2=CC(=O)c3c(cc4c(c3O)C(=O)[C@]3(OC)[C@H](O)Cc5cc(C)c(C(=O)O)c(O)c5[C@]3(O)C4=O)C2=O)O[C@H]1C. The van der Waals surface area contributed by atoms with Crippen molar-refractivity contribution >= 4 is 29.1 Å². The number of aryl methyl sites for hydroxylation is 1. The number of ether oxygens (including phenoxy) is 4. The van der Waals surface area contributed by atoms with E-state index in [1.807, 2.05) is 0 Å². The lowest BCUT2D eigenvalue weighted by Crippen LogP contribution is -2.73. The molecule has 1 fully saturated rings. The second-order valence-corrected chi connectivity index (χ2v) is 12.4. The standard InChI is InChI=1S/C33H33NO15/c1-10-6-12-7-17(36)33(48-5)29(42)20-14(28(41)32(33,45)21(12)24(39)18(10)31(43)44)8-13-19(23(20)38)16(35)9-15(22(13)37)34-30-27(47-4)25(40)26(46-3)11(2)49-30/h6,8-9,11,17,25-27,30,34,36,38-40,45H,7H2,1-5H3,(H,43,44)/t11-,17+,25+,26-,27+,30-,32-,33+/m0/s1. The number of ketones is 4. The number of carboxylic acid groups (broad SMARTS) is 1. The summed E-state index contributed by atoms with van der Waals surface area (Å²) < 4.78 is 21.9. The summed E-state index contributed by atoms with van der Waals surface area (Å²) >= 11 is 0. The number of hydrogen-bond donors (Lipinski definition) is 7. The quantitative estimate of drug-likeness (QED) is 0.206. The molecule has 2 aromatic rings. The molecule has 0 aromatic heterocycles. The minimum absolute atomic E-state index is 0.0272. The highest BCUT2D eigenvalue weighted by atomic mass is 16.6. The van der Waals surface area contributed by atoms with Crippen LogP contribution in [0.2, 0.25) is 0 Å². The third-order valence-corrected chi connectivity index (χ3v) is 9.98. The average molecular weight is 684 g/mol. The lowest BCUT2D eigenvalue weighted by Gasteiger charge is -2.52. The zero-order chi connectivity index (χ0) is 36.1. The summed E-state index contributed by atoms with van der Waals surface area (Å²) in [5.74, 6) is -8.54. The first-order chi connectivity index (χ1) is 23.0. The van der Waals surface area contributed by atoms with Gasteiger partial charge in [0.2, 0.25) is 17.3 Å². The van der Waals surface area contributed by atoms with E-state index in [0.29, 0.717) is 0 Å². The number of nitrogens with one attached hydrogen (secondary N) is 1. The number of benzene rings is 2. The van der Waals surface area contributed by atoms with Gasteiger partial charge in [-0.1, -0.05) is 6.07 Å². The van der Waals surface area contributed by atoms with Crippen molar-refractivity contribution in [2.75, 3.05) is 21.3 Å². The van der Waals surface area contributed by atoms with E-state index in [1.165, 1.54) is 27.2 Å². The van der Waals surface area contributed by atoms with Gasteiger partial charge in [-0.05, 0) is 31.0 Å². The molecular weight excluding hydrogens is 650 g/mol. The maximum Gasteiger partial charge on any atom is 0.339 e. The van der Waals surface area contributed by atoms with Crippen molar-refractivity contribution in [1.82, 2.24) is 5.32 Å². The number of carbonyl (C=O) groups is 5. The highest BCUT2D eigenvalue weighted by Crippen LogP contribution is 2.56. The van der Waals surface area contributed by atoms with Gasteiger partial charge in [-0.25, -0.2) is 4.79 Å². The van der Waals surface area contributed by atoms with E-state index >= 15 is 0 Å². The van der Waals surface area contributed by atoms with Crippen molar-refractivity contribution in [3.63, 3.8) is 0 Å². The Hall–Kier alpha value is -4.55. The van der Waals surface area contributed by atoms with E-state index in [0.717, 1.165) is 19.3 Å². The maximum absolute atomic E-state index is 14.5. The molecule has 0 unspecified atom stereocenters. The first-order valence-corrected chi connectivity index (χ1v) is 15.0. The molecule has 1 heterocycles. The first kappa shape index (κ1) is 34.3. The minimum atomic E-state index is -3.29. The second-order valence-electron chi connectivity index (χ2n) is 12.4. The summed E-state index contributed by atoms with van der Waals surface area (Å²) in [7, 11) is 3.53. The topological polar surface area (TPSA) is 256 Å².